The van der Waals surface area contributed by atoms with Crippen molar-refractivity contribution in [3.05, 3.63) is 63.5 Å². The molecule has 0 saturated carbocycles. The van der Waals surface area contributed by atoms with Gasteiger partial charge in [0.1, 0.15) is 0 Å². The van der Waals surface area contributed by atoms with Crippen LogP contribution in [0.25, 0.3) is 23.0 Å². The minimum atomic E-state index is 1.01. The molecular weight excluding hydrogens is 374 g/mol. The molecule has 0 saturated heterocycles. The van der Waals surface area contributed by atoms with E-state index in [1.165, 1.54) is 52.1 Å². The Morgan fingerprint density at radius 1 is 1.31 bits per heavy atom. The summed E-state index contributed by atoms with van der Waals surface area (Å²) in [6, 6.07) is 6.95. The Balaban J connectivity index is 1.94. The fourth-order valence-corrected chi connectivity index (χ4v) is 4.99. The van der Waals surface area contributed by atoms with E-state index in [-0.39, 0.29) is 0 Å². The summed E-state index contributed by atoms with van der Waals surface area (Å²) < 4.78 is 2.12. The molecule has 150 valence electrons. The first-order valence-corrected chi connectivity index (χ1v) is 11.5. The maximum absolute atomic E-state index is 4.91. The summed E-state index contributed by atoms with van der Waals surface area (Å²) in [5, 5.41) is 9.19. The Kier molecular flexibility index (Phi) is 5.81. The third kappa shape index (κ3) is 3.51. The van der Waals surface area contributed by atoms with Gasteiger partial charge in [-0.15, -0.1) is 0 Å². The molecule has 2 heterocycles. The van der Waals surface area contributed by atoms with Crippen molar-refractivity contribution in [3.63, 3.8) is 0 Å². The molecule has 0 unspecified atom stereocenters. The van der Waals surface area contributed by atoms with Gasteiger partial charge >= 0.3 is 0 Å². The lowest BCUT2D eigenvalue weighted by Crippen LogP contribution is -2.12. The Morgan fingerprint density at radius 2 is 2.17 bits per heavy atom. The average Bonchev–Trinajstić information content (AvgIpc) is 3.41. The van der Waals surface area contributed by atoms with E-state index in [2.05, 4.69) is 59.1 Å². The predicted octanol–water partition coefficient (Wildman–Crippen LogP) is 6.51. The van der Waals surface area contributed by atoms with Crippen LogP contribution >= 0.6 is 11.3 Å². The van der Waals surface area contributed by atoms with E-state index in [4.69, 9.17) is 5.10 Å². The fraction of sp³-hybridized carbons (Fsp3) is 0.360. The zero-order valence-electron chi connectivity index (χ0n) is 17.7. The van der Waals surface area contributed by atoms with Crippen molar-refractivity contribution in [2.45, 2.75) is 52.4 Å². The molecular formula is C25H29N3S. The first kappa shape index (κ1) is 19.8. The van der Waals surface area contributed by atoms with Crippen LogP contribution in [0.15, 0.2) is 40.5 Å². The number of hydrogen-bond donors (Lipinski definition) is 0. The number of benzene rings is 1. The second kappa shape index (κ2) is 8.50. The van der Waals surface area contributed by atoms with Gasteiger partial charge in [0.2, 0.25) is 0 Å². The van der Waals surface area contributed by atoms with Crippen molar-refractivity contribution >= 4 is 23.1 Å². The normalized spacial score (nSPS) is 13.3. The molecule has 0 N–H and O–H groups in total. The molecule has 2 aromatic heterocycles. The van der Waals surface area contributed by atoms with E-state index in [1.807, 2.05) is 13.1 Å². The lowest BCUT2D eigenvalue weighted by Gasteiger charge is -2.22. The number of thiophene rings is 1. The van der Waals surface area contributed by atoms with E-state index in [1.54, 1.807) is 11.3 Å². The highest BCUT2D eigenvalue weighted by atomic mass is 32.1. The molecule has 0 bridgehead atoms. The highest BCUT2D eigenvalue weighted by Gasteiger charge is 2.26. The topological polar surface area (TPSA) is 30.2 Å². The number of aryl methyl sites for hydroxylation is 2. The van der Waals surface area contributed by atoms with Crippen molar-refractivity contribution in [2.24, 2.45) is 4.99 Å². The van der Waals surface area contributed by atoms with Gasteiger partial charge in [0.15, 0.2) is 0 Å². The van der Waals surface area contributed by atoms with Gasteiger partial charge in [-0.05, 0) is 72.4 Å². The molecule has 29 heavy (non-hydrogen) atoms. The number of hydrogen-bond acceptors (Lipinski definition) is 3. The van der Waals surface area contributed by atoms with Crippen molar-refractivity contribution < 1.29 is 0 Å². The van der Waals surface area contributed by atoms with Gasteiger partial charge in [0.05, 0.1) is 17.1 Å². The Hall–Kier alpha value is -2.46. The summed E-state index contributed by atoms with van der Waals surface area (Å²) >= 11 is 1.70. The highest BCUT2D eigenvalue weighted by molar-refractivity contribution is 7.08. The summed E-state index contributed by atoms with van der Waals surface area (Å²) in [6.45, 7) is 8.50. The molecule has 4 rings (SSSR count). The SMILES string of the molecule is C=Cc1nn(-c2ccsc2)c2c1CCc1cc(CC)c(C(CCCC)=NC)cc1-2. The van der Waals surface area contributed by atoms with Crippen LogP contribution in [-0.2, 0) is 19.3 Å². The largest absolute Gasteiger partial charge is 0.292 e. The molecule has 4 heteroatoms. The van der Waals surface area contributed by atoms with Gasteiger partial charge in [0.25, 0.3) is 0 Å². The van der Waals surface area contributed by atoms with Gasteiger partial charge < -0.3 is 0 Å². The Bertz CT molecular complexity index is 1050. The van der Waals surface area contributed by atoms with Crippen LogP contribution < -0.4 is 0 Å². The van der Waals surface area contributed by atoms with Crippen LogP contribution in [-0.4, -0.2) is 22.5 Å². The second-order valence-electron chi connectivity index (χ2n) is 7.60. The molecule has 1 aromatic carbocycles. The van der Waals surface area contributed by atoms with Crippen LogP contribution in [0.4, 0.5) is 0 Å². The van der Waals surface area contributed by atoms with Crippen molar-refractivity contribution in [1.82, 2.24) is 9.78 Å². The van der Waals surface area contributed by atoms with Gasteiger partial charge in [0, 0.05) is 29.3 Å². The molecule has 1 aliphatic rings. The van der Waals surface area contributed by atoms with E-state index in [9.17, 15) is 0 Å². The molecule has 0 spiro atoms. The van der Waals surface area contributed by atoms with E-state index in [0.29, 0.717) is 0 Å². The average molecular weight is 404 g/mol. The number of rotatable bonds is 7. The lowest BCUT2D eigenvalue weighted by molar-refractivity contribution is 0.833. The van der Waals surface area contributed by atoms with E-state index >= 15 is 0 Å². The maximum atomic E-state index is 4.91. The third-order valence-corrected chi connectivity index (χ3v) is 6.59. The van der Waals surface area contributed by atoms with Crippen LogP contribution in [0.1, 0.15) is 61.1 Å². The summed E-state index contributed by atoms with van der Waals surface area (Å²) in [6.07, 6.45) is 8.39. The molecule has 3 aromatic rings. The van der Waals surface area contributed by atoms with Gasteiger partial charge in [-0.3, -0.25) is 4.99 Å². The smallest absolute Gasteiger partial charge is 0.0888 e. The molecule has 0 amide bonds. The number of unbranched alkanes of at least 4 members (excludes halogenated alkanes) is 1. The second-order valence-corrected chi connectivity index (χ2v) is 8.38. The summed E-state index contributed by atoms with van der Waals surface area (Å²) in [5.41, 5.74) is 11.4. The number of aliphatic imine (C=N–C) groups is 1. The monoisotopic (exact) mass is 403 g/mol. The van der Waals surface area contributed by atoms with Crippen LogP contribution in [0.5, 0.6) is 0 Å². The van der Waals surface area contributed by atoms with Crippen molar-refractivity contribution in [1.29, 1.82) is 0 Å². The molecule has 0 fully saturated rings. The molecule has 0 atom stereocenters. The van der Waals surface area contributed by atoms with Crippen molar-refractivity contribution in [2.75, 3.05) is 7.05 Å². The van der Waals surface area contributed by atoms with Gasteiger partial charge in [-0.25, -0.2) is 4.68 Å². The first-order valence-electron chi connectivity index (χ1n) is 10.6. The van der Waals surface area contributed by atoms with Crippen LogP contribution in [0, 0.1) is 0 Å². The lowest BCUT2D eigenvalue weighted by atomic mass is 9.84. The number of fused-ring (bicyclic) bond motifs is 3. The number of aromatic nitrogens is 2. The molecule has 0 radical (unpaired) electrons. The van der Waals surface area contributed by atoms with Gasteiger partial charge in [-0.1, -0.05) is 32.9 Å². The Morgan fingerprint density at radius 3 is 2.83 bits per heavy atom. The molecule has 0 aliphatic heterocycles. The van der Waals surface area contributed by atoms with Gasteiger partial charge in [-0.2, -0.15) is 16.4 Å². The minimum Gasteiger partial charge on any atom is -0.292 e. The summed E-state index contributed by atoms with van der Waals surface area (Å²) in [7, 11) is 1.93. The Labute approximate surface area is 177 Å². The minimum absolute atomic E-state index is 1.01. The molecule has 3 nitrogen and oxygen atoms in total. The fourth-order valence-electron chi connectivity index (χ4n) is 4.37. The van der Waals surface area contributed by atoms with Crippen LogP contribution in [0.3, 0.4) is 0 Å². The first-order chi connectivity index (χ1) is 14.2. The highest BCUT2D eigenvalue weighted by Crippen LogP contribution is 2.39. The zero-order chi connectivity index (χ0) is 20.4. The third-order valence-electron chi connectivity index (χ3n) is 5.92. The van der Waals surface area contributed by atoms with Crippen LogP contribution in [0.2, 0.25) is 0 Å². The molecule has 1 aliphatic carbocycles. The quantitative estimate of drug-likeness (QED) is 0.413. The van der Waals surface area contributed by atoms with E-state index in [0.717, 1.165) is 37.1 Å². The number of nitrogens with zero attached hydrogens (tertiary/aromatic N) is 3. The standard InChI is InChI=1S/C25H29N3S/c1-5-8-9-24(26-4)21-15-22-18(14-17(21)6-2)10-11-20-23(7-3)27-28(25(20)22)19-12-13-29-16-19/h7,12-16H,3,5-6,8-11H2,1-2,4H3. The summed E-state index contributed by atoms with van der Waals surface area (Å²) in [4.78, 5) is 4.68. The predicted molar refractivity (Wildman–Crippen MR) is 126 cm³/mol. The summed E-state index contributed by atoms with van der Waals surface area (Å²) in [5.74, 6) is 0. The maximum Gasteiger partial charge on any atom is 0.0888 e. The van der Waals surface area contributed by atoms with Crippen molar-refractivity contribution in [3.8, 4) is 16.9 Å². The zero-order valence-corrected chi connectivity index (χ0v) is 18.5. The van der Waals surface area contributed by atoms with E-state index < -0.39 is 0 Å².